The quantitative estimate of drug-likeness (QED) is 0.677. The molecule has 5 heteroatoms. The molecule has 1 atom stereocenters. The van der Waals surface area contributed by atoms with Gasteiger partial charge in [0.25, 0.3) is 0 Å². The van der Waals surface area contributed by atoms with Crippen molar-refractivity contribution in [3.8, 4) is 0 Å². The lowest BCUT2D eigenvalue weighted by atomic mass is 9.98. The summed E-state index contributed by atoms with van der Waals surface area (Å²) in [5.41, 5.74) is 6.13. The highest BCUT2D eigenvalue weighted by Crippen LogP contribution is 2.20. The first-order valence-electron chi connectivity index (χ1n) is 5.73. The number of hydrogen-bond acceptors (Lipinski definition) is 4. The molecule has 1 saturated heterocycles. The van der Waals surface area contributed by atoms with Crippen molar-refractivity contribution in [2.75, 3.05) is 6.54 Å². The zero-order valence-corrected chi connectivity index (χ0v) is 10.9. The van der Waals surface area contributed by atoms with Gasteiger partial charge in [-0.15, -0.1) is 0 Å². The number of nitrogens with two attached hydrogens (primary N) is 1. The van der Waals surface area contributed by atoms with Crippen molar-refractivity contribution in [2.24, 2.45) is 5.73 Å². The van der Waals surface area contributed by atoms with E-state index in [4.69, 9.17) is 15.9 Å². The van der Waals surface area contributed by atoms with Crippen LogP contribution in [0, 0.1) is 5.41 Å². The summed E-state index contributed by atoms with van der Waals surface area (Å²) in [5, 5.41) is 7.76. The fraction of sp³-hybridized carbons (Fsp3) is 0.667. The van der Waals surface area contributed by atoms with Gasteiger partial charge in [-0.3, -0.25) is 0 Å². The van der Waals surface area contributed by atoms with E-state index in [-0.39, 0.29) is 12.1 Å². The molecule has 5 nitrogen and oxygen atoms in total. The summed E-state index contributed by atoms with van der Waals surface area (Å²) in [7, 11) is 0. The van der Waals surface area contributed by atoms with E-state index in [0.717, 1.165) is 0 Å². The fourth-order valence-electron chi connectivity index (χ4n) is 1.69. The second-order valence-electron chi connectivity index (χ2n) is 5.33. The first kappa shape index (κ1) is 13.5. The van der Waals surface area contributed by atoms with Gasteiger partial charge in [-0.1, -0.05) is 0 Å². The first-order valence-corrected chi connectivity index (χ1v) is 5.73. The van der Waals surface area contributed by atoms with E-state index in [1.165, 1.54) is 6.20 Å². The van der Waals surface area contributed by atoms with Crippen molar-refractivity contribution < 1.29 is 9.53 Å². The highest BCUT2D eigenvalue weighted by molar-refractivity contribution is 6.00. The number of ether oxygens (including phenoxy) is 1. The van der Waals surface area contributed by atoms with E-state index in [2.05, 4.69) is 0 Å². The monoisotopic (exact) mass is 239 g/mol. The minimum atomic E-state index is -0.506. The number of likely N-dealkylation sites (tertiary alicyclic amines) is 1. The van der Waals surface area contributed by atoms with Crippen LogP contribution >= 0.6 is 0 Å². The van der Waals surface area contributed by atoms with Crippen LogP contribution in [0.2, 0.25) is 0 Å². The zero-order valence-electron chi connectivity index (χ0n) is 10.9. The molecule has 1 aliphatic heterocycles. The van der Waals surface area contributed by atoms with Crippen LogP contribution in [0.25, 0.3) is 0 Å². The van der Waals surface area contributed by atoms with E-state index < -0.39 is 5.60 Å². The van der Waals surface area contributed by atoms with Crippen LogP contribution in [-0.2, 0) is 4.74 Å². The highest BCUT2D eigenvalue weighted by Gasteiger charge is 2.31. The van der Waals surface area contributed by atoms with E-state index >= 15 is 0 Å². The number of rotatable bonds is 0. The molecule has 0 aromatic carbocycles. The lowest BCUT2D eigenvalue weighted by Crippen LogP contribution is -2.48. The standard InChI is InChI=1S/C12H21N3O2/c1-8-5-10(14)9(6-13)7-15(8)11(16)17-12(2,3)4/h6,8,14H,5,7,13H2,1-4H3/b9-6-,14-10?/t8-/m0/s1. The third-order valence-corrected chi connectivity index (χ3v) is 2.59. The van der Waals surface area contributed by atoms with Gasteiger partial charge in [0.2, 0.25) is 0 Å². The molecule has 0 bridgehead atoms. The molecule has 1 aliphatic rings. The van der Waals surface area contributed by atoms with Crippen LogP contribution in [0.3, 0.4) is 0 Å². The molecule has 0 unspecified atom stereocenters. The maximum Gasteiger partial charge on any atom is 0.410 e. The molecule has 0 saturated carbocycles. The number of amides is 1. The molecular weight excluding hydrogens is 218 g/mol. The Morgan fingerprint density at radius 2 is 2.18 bits per heavy atom. The summed E-state index contributed by atoms with van der Waals surface area (Å²) in [6.07, 6.45) is 1.56. The van der Waals surface area contributed by atoms with Gasteiger partial charge >= 0.3 is 6.09 Å². The molecule has 1 amide bonds. The molecule has 3 N–H and O–H groups in total. The minimum absolute atomic E-state index is 0.0268. The highest BCUT2D eigenvalue weighted by atomic mass is 16.6. The molecule has 0 spiro atoms. The van der Waals surface area contributed by atoms with Crippen molar-refractivity contribution >= 4 is 11.8 Å². The Balaban J connectivity index is 2.77. The minimum Gasteiger partial charge on any atom is -0.444 e. The van der Waals surface area contributed by atoms with Crippen molar-refractivity contribution in [3.05, 3.63) is 11.8 Å². The van der Waals surface area contributed by atoms with E-state index in [0.29, 0.717) is 24.3 Å². The number of piperidine rings is 1. The molecule has 0 aromatic heterocycles. The van der Waals surface area contributed by atoms with Gasteiger partial charge in [0.05, 0.1) is 6.54 Å². The van der Waals surface area contributed by atoms with Gasteiger partial charge < -0.3 is 20.8 Å². The normalized spacial score (nSPS) is 24.0. The second kappa shape index (κ2) is 4.77. The second-order valence-corrected chi connectivity index (χ2v) is 5.33. The number of hydrogen-bond donors (Lipinski definition) is 2. The molecule has 0 aliphatic carbocycles. The molecule has 1 rings (SSSR count). The Morgan fingerprint density at radius 1 is 1.59 bits per heavy atom. The summed E-state index contributed by atoms with van der Waals surface area (Å²) in [5.74, 6) is 0. The number of carbonyl (C=O) groups is 1. The van der Waals surface area contributed by atoms with Gasteiger partial charge in [0, 0.05) is 29.9 Å². The van der Waals surface area contributed by atoms with Crippen molar-refractivity contribution in [1.82, 2.24) is 4.90 Å². The topological polar surface area (TPSA) is 79.4 Å². The van der Waals surface area contributed by atoms with Crippen LogP contribution in [0.5, 0.6) is 0 Å². The van der Waals surface area contributed by atoms with E-state index in [1.807, 2.05) is 27.7 Å². The maximum atomic E-state index is 12.0. The summed E-state index contributed by atoms with van der Waals surface area (Å²) in [4.78, 5) is 13.6. The SMILES string of the molecule is C[C@H]1CC(=N)/C(=C\N)CN1C(=O)OC(C)(C)C. The third kappa shape index (κ3) is 3.47. The first-order chi connectivity index (χ1) is 7.74. The summed E-state index contributed by atoms with van der Waals surface area (Å²) in [6.45, 7) is 7.76. The molecule has 0 radical (unpaired) electrons. The van der Waals surface area contributed by atoms with Crippen molar-refractivity contribution in [2.45, 2.75) is 45.8 Å². The molecular formula is C12H21N3O2. The van der Waals surface area contributed by atoms with Crippen molar-refractivity contribution in [3.63, 3.8) is 0 Å². The van der Waals surface area contributed by atoms with Crippen LogP contribution < -0.4 is 5.73 Å². The molecule has 96 valence electrons. The molecule has 1 heterocycles. The van der Waals surface area contributed by atoms with E-state index in [1.54, 1.807) is 4.90 Å². The number of nitrogens with one attached hydrogen (secondary N) is 1. The lowest BCUT2D eigenvalue weighted by molar-refractivity contribution is 0.0195. The largest absolute Gasteiger partial charge is 0.444 e. The smallest absolute Gasteiger partial charge is 0.410 e. The molecule has 0 aromatic rings. The zero-order chi connectivity index (χ0) is 13.2. The molecule has 17 heavy (non-hydrogen) atoms. The Bertz CT molecular complexity index is 355. The predicted molar refractivity (Wildman–Crippen MR) is 67.0 cm³/mol. The third-order valence-electron chi connectivity index (χ3n) is 2.59. The summed E-state index contributed by atoms with van der Waals surface area (Å²) in [6, 6.07) is -0.0268. The van der Waals surface area contributed by atoms with Crippen molar-refractivity contribution in [1.29, 1.82) is 5.41 Å². The van der Waals surface area contributed by atoms with Gasteiger partial charge in [-0.05, 0) is 27.7 Å². The Morgan fingerprint density at radius 3 is 2.65 bits per heavy atom. The summed E-state index contributed by atoms with van der Waals surface area (Å²) >= 11 is 0. The Kier molecular flexibility index (Phi) is 3.80. The van der Waals surface area contributed by atoms with Crippen LogP contribution in [0.1, 0.15) is 34.1 Å². The Labute approximate surface area is 102 Å². The van der Waals surface area contributed by atoms with Crippen LogP contribution in [0.15, 0.2) is 11.8 Å². The average Bonchev–Trinajstić information content (AvgIpc) is 2.14. The van der Waals surface area contributed by atoms with E-state index in [9.17, 15) is 4.79 Å². The summed E-state index contributed by atoms with van der Waals surface area (Å²) < 4.78 is 5.32. The Hall–Kier alpha value is -1.52. The van der Waals surface area contributed by atoms with Crippen LogP contribution in [-0.4, -0.2) is 34.9 Å². The molecule has 1 fully saturated rings. The van der Waals surface area contributed by atoms with Gasteiger partial charge in [-0.25, -0.2) is 4.79 Å². The fourth-order valence-corrected chi connectivity index (χ4v) is 1.69. The predicted octanol–water partition coefficient (Wildman–Crippen LogP) is 1.88. The van der Waals surface area contributed by atoms with Gasteiger partial charge in [0.15, 0.2) is 0 Å². The van der Waals surface area contributed by atoms with Crippen LogP contribution in [0.4, 0.5) is 4.79 Å². The van der Waals surface area contributed by atoms with Gasteiger partial charge in [0.1, 0.15) is 5.60 Å². The maximum absolute atomic E-state index is 12.0. The average molecular weight is 239 g/mol. The number of nitrogens with zero attached hydrogens (tertiary/aromatic N) is 1. The number of carbonyl (C=O) groups excluding carboxylic acids is 1. The van der Waals surface area contributed by atoms with Gasteiger partial charge in [-0.2, -0.15) is 0 Å². The lowest BCUT2D eigenvalue weighted by Gasteiger charge is -2.36.